The van der Waals surface area contributed by atoms with Crippen LogP contribution < -0.4 is 5.73 Å². The summed E-state index contributed by atoms with van der Waals surface area (Å²) in [6.07, 6.45) is 4.55. The van der Waals surface area contributed by atoms with Gasteiger partial charge in [0, 0.05) is 29.6 Å². The van der Waals surface area contributed by atoms with E-state index in [4.69, 9.17) is 5.73 Å². The Morgan fingerprint density at radius 3 is 2.79 bits per heavy atom. The largest absolute Gasteiger partial charge is 0.364 e. The van der Waals surface area contributed by atoms with E-state index >= 15 is 0 Å². The average molecular weight is 496 g/mol. The van der Waals surface area contributed by atoms with Gasteiger partial charge in [-0.2, -0.15) is 0 Å². The molecular formula is C24H22FN5O2S2. The lowest BCUT2D eigenvalue weighted by Crippen LogP contribution is -2.40. The zero-order valence-electron chi connectivity index (χ0n) is 18.6. The number of halogens is 1. The number of piperidine rings is 1. The van der Waals surface area contributed by atoms with Gasteiger partial charge in [0.05, 0.1) is 15.6 Å². The molecule has 10 heteroatoms. The minimum absolute atomic E-state index is 0.0418. The van der Waals surface area contributed by atoms with Crippen molar-refractivity contribution in [3.05, 3.63) is 63.2 Å². The third-order valence-corrected chi connectivity index (χ3v) is 8.71. The Morgan fingerprint density at radius 1 is 1.21 bits per heavy atom. The lowest BCUT2D eigenvalue weighted by molar-refractivity contribution is 0.0696. The summed E-state index contributed by atoms with van der Waals surface area (Å²) in [4.78, 5) is 39.2. The maximum absolute atomic E-state index is 13.9. The van der Waals surface area contributed by atoms with Crippen LogP contribution in [0.4, 0.5) is 4.39 Å². The van der Waals surface area contributed by atoms with Crippen molar-refractivity contribution in [2.24, 2.45) is 11.7 Å². The highest BCUT2D eigenvalue weighted by molar-refractivity contribution is 7.17. The number of thiazole rings is 2. The van der Waals surface area contributed by atoms with Gasteiger partial charge in [-0.25, -0.2) is 14.4 Å². The Hall–Kier alpha value is -3.11. The van der Waals surface area contributed by atoms with Gasteiger partial charge in [0.25, 0.3) is 11.8 Å². The van der Waals surface area contributed by atoms with E-state index in [2.05, 4.69) is 9.97 Å². The van der Waals surface area contributed by atoms with E-state index in [0.29, 0.717) is 39.9 Å². The summed E-state index contributed by atoms with van der Waals surface area (Å²) in [5, 5.41) is 0.777. The predicted molar refractivity (Wildman–Crippen MR) is 129 cm³/mol. The van der Waals surface area contributed by atoms with Crippen LogP contribution in [-0.4, -0.2) is 43.2 Å². The van der Waals surface area contributed by atoms with Crippen LogP contribution in [-0.2, 0) is 6.42 Å². The summed E-state index contributed by atoms with van der Waals surface area (Å²) in [7, 11) is 0. The maximum Gasteiger partial charge on any atom is 0.274 e. The van der Waals surface area contributed by atoms with Crippen molar-refractivity contribution in [1.29, 1.82) is 0 Å². The molecule has 34 heavy (non-hydrogen) atoms. The summed E-state index contributed by atoms with van der Waals surface area (Å²) >= 11 is 2.93. The normalized spacial score (nSPS) is 21.3. The van der Waals surface area contributed by atoms with Crippen LogP contribution >= 0.6 is 22.7 Å². The van der Waals surface area contributed by atoms with Crippen LogP contribution in [0.5, 0.6) is 0 Å². The minimum Gasteiger partial charge on any atom is -0.364 e. The molecule has 1 saturated carbocycles. The van der Waals surface area contributed by atoms with Crippen LogP contribution in [0.3, 0.4) is 0 Å². The molecule has 0 radical (unpaired) electrons. The topological polar surface area (TPSA) is 93.6 Å². The Balaban J connectivity index is 1.31. The third-order valence-electron chi connectivity index (χ3n) is 6.69. The number of imidazole rings is 1. The molecular weight excluding hydrogens is 473 g/mol. The summed E-state index contributed by atoms with van der Waals surface area (Å²) in [6, 6.07) is 6.58. The average Bonchev–Trinajstić information content (AvgIpc) is 3.07. The van der Waals surface area contributed by atoms with E-state index in [-0.39, 0.29) is 23.8 Å². The number of carbonyl (C=O) groups is 2. The standard InChI is InChI=1S/C24H22FN5O2S2/c1-11-20(22(26)31)29-10-17(34-24(29)27-11)9-16-7-14-8-18(14)30(16)23(32)19-21(33-12(2)28-19)13-4-3-5-15(25)6-13/h3-6,10,14,16,18H,7-9H2,1-2H3,(H2,26,31)/t14-,16+,18+/m1/s1. The number of likely N-dealkylation sites (tertiary alicyclic amines) is 1. The number of fused-ring (bicyclic) bond motifs is 2. The van der Waals surface area contributed by atoms with E-state index in [9.17, 15) is 14.0 Å². The lowest BCUT2D eigenvalue weighted by Gasteiger charge is -2.27. The minimum atomic E-state index is -0.503. The highest BCUT2D eigenvalue weighted by Crippen LogP contribution is 2.50. The van der Waals surface area contributed by atoms with Crippen molar-refractivity contribution >= 4 is 39.4 Å². The third kappa shape index (κ3) is 3.43. The van der Waals surface area contributed by atoms with Crippen LogP contribution in [0.2, 0.25) is 0 Å². The van der Waals surface area contributed by atoms with E-state index < -0.39 is 5.91 Å². The molecule has 7 nitrogen and oxygen atoms in total. The van der Waals surface area contributed by atoms with Crippen molar-refractivity contribution < 1.29 is 14.0 Å². The fraction of sp³-hybridized carbons (Fsp3) is 0.333. The first kappa shape index (κ1) is 21.4. The molecule has 3 atom stereocenters. The molecule has 4 heterocycles. The van der Waals surface area contributed by atoms with E-state index in [1.54, 1.807) is 17.4 Å². The number of hydrogen-bond donors (Lipinski definition) is 1. The number of aryl methyl sites for hydroxylation is 2. The van der Waals surface area contributed by atoms with Gasteiger partial charge in [0.15, 0.2) is 4.96 Å². The molecule has 4 aromatic rings. The molecule has 2 N–H and O–H groups in total. The van der Waals surface area contributed by atoms with Gasteiger partial charge in [0.1, 0.15) is 17.2 Å². The summed E-state index contributed by atoms with van der Waals surface area (Å²) in [6.45, 7) is 3.64. The number of amides is 2. The summed E-state index contributed by atoms with van der Waals surface area (Å²) in [5.74, 6) is -0.416. The van der Waals surface area contributed by atoms with Gasteiger partial charge in [0.2, 0.25) is 0 Å². The number of benzene rings is 1. The van der Waals surface area contributed by atoms with Crippen molar-refractivity contribution in [2.75, 3.05) is 0 Å². The van der Waals surface area contributed by atoms with Gasteiger partial charge in [-0.15, -0.1) is 22.7 Å². The second-order valence-corrected chi connectivity index (χ2v) is 11.3. The molecule has 2 amide bonds. The van der Waals surface area contributed by atoms with Crippen molar-refractivity contribution in [3.63, 3.8) is 0 Å². The number of carbonyl (C=O) groups excluding carboxylic acids is 2. The molecule has 1 aliphatic carbocycles. The maximum atomic E-state index is 13.9. The molecule has 0 bridgehead atoms. The zero-order valence-corrected chi connectivity index (χ0v) is 20.3. The van der Waals surface area contributed by atoms with Gasteiger partial charge >= 0.3 is 0 Å². The smallest absolute Gasteiger partial charge is 0.274 e. The molecule has 1 saturated heterocycles. The molecule has 2 fully saturated rings. The van der Waals surface area contributed by atoms with Crippen molar-refractivity contribution in [2.45, 2.75) is 45.2 Å². The molecule has 1 aliphatic heterocycles. The number of nitrogens with two attached hydrogens (primary N) is 1. The number of nitrogens with zero attached hydrogens (tertiary/aromatic N) is 4. The summed E-state index contributed by atoms with van der Waals surface area (Å²) in [5.41, 5.74) is 7.64. The van der Waals surface area contributed by atoms with Gasteiger partial charge in [-0.3, -0.25) is 14.0 Å². The molecule has 0 unspecified atom stereocenters. The molecule has 3 aromatic heterocycles. The molecule has 6 rings (SSSR count). The number of hydrogen-bond acceptors (Lipinski definition) is 6. The van der Waals surface area contributed by atoms with Crippen molar-refractivity contribution in [3.8, 4) is 10.4 Å². The van der Waals surface area contributed by atoms with Crippen molar-refractivity contribution in [1.82, 2.24) is 19.3 Å². The molecule has 2 aliphatic rings. The fourth-order valence-electron chi connectivity index (χ4n) is 5.20. The van der Waals surface area contributed by atoms with Gasteiger partial charge in [-0.05, 0) is 50.3 Å². The Bertz CT molecular complexity index is 1470. The molecule has 1 aromatic carbocycles. The summed E-state index contributed by atoms with van der Waals surface area (Å²) < 4.78 is 15.6. The Labute approximate surface area is 203 Å². The number of primary amides is 1. The second kappa shape index (κ2) is 7.71. The molecule has 174 valence electrons. The first-order valence-corrected chi connectivity index (χ1v) is 12.8. The van der Waals surface area contributed by atoms with Crippen LogP contribution in [0.1, 0.15) is 49.4 Å². The lowest BCUT2D eigenvalue weighted by atomic mass is 10.1. The number of aromatic nitrogens is 3. The quantitative estimate of drug-likeness (QED) is 0.449. The number of rotatable bonds is 5. The van der Waals surface area contributed by atoms with E-state index in [1.807, 2.05) is 24.1 Å². The van der Waals surface area contributed by atoms with Gasteiger partial charge in [-0.1, -0.05) is 12.1 Å². The predicted octanol–water partition coefficient (Wildman–Crippen LogP) is 4.22. The van der Waals surface area contributed by atoms with Crippen LogP contribution in [0.15, 0.2) is 30.5 Å². The monoisotopic (exact) mass is 495 g/mol. The van der Waals surface area contributed by atoms with E-state index in [0.717, 1.165) is 27.7 Å². The van der Waals surface area contributed by atoms with E-state index in [1.165, 1.54) is 34.8 Å². The zero-order chi connectivity index (χ0) is 23.7. The Morgan fingerprint density at radius 2 is 2.03 bits per heavy atom. The SMILES string of the molecule is Cc1nc(C(=O)N2[C@H](Cc3cn4c(C(N)=O)c(C)nc4s3)C[C@@H]3C[C@@H]32)c(-c2cccc(F)c2)s1. The Kier molecular flexibility index (Phi) is 4.86. The highest BCUT2D eigenvalue weighted by Gasteiger charge is 2.54. The first-order chi connectivity index (χ1) is 16.3. The fourth-order valence-corrected chi connectivity index (χ4v) is 7.20. The molecule has 0 spiro atoms. The van der Waals surface area contributed by atoms with Gasteiger partial charge < -0.3 is 10.6 Å². The highest BCUT2D eigenvalue weighted by atomic mass is 32.1. The van der Waals surface area contributed by atoms with Crippen LogP contribution in [0.25, 0.3) is 15.4 Å². The van der Waals surface area contributed by atoms with Crippen LogP contribution in [0, 0.1) is 25.6 Å². The first-order valence-electron chi connectivity index (χ1n) is 11.1. The second-order valence-electron chi connectivity index (χ2n) is 9.05.